The maximum Gasteiger partial charge on any atom is 0.422 e. The van der Waals surface area contributed by atoms with Gasteiger partial charge in [0.25, 0.3) is 5.91 Å². The second kappa shape index (κ2) is 9.75. The Kier molecular flexibility index (Phi) is 7.06. The van der Waals surface area contributed by atoms with E-state index in [-0.39, 0.29) is 27.8 Å². The smallest absolute Gasteiger partial charge is 0.422 e. The van der Waals surface area contributed by atoms with E-state index in [2.05, 4.69) is 9.71 Å². The lowest BCUT2D eigenvalue weighted by Gasteiger charge is -2.24. The number of alkyl halides is 6. The fourth-order valence-corrected chi connectivity index (χ4v) is 4.69. The fraction of sp³-hybridized carbons (Fsp3) is 0.304. The minimum absolute atomic E-state index is 0.0108. The van der Waals surface area contributed by atoms with Crippen LogP contribution in [-0.4, -0.2) is 56.2 Å². The van der Waals surface area contributed by atoms with Crippen LogP contribution >= 0.6 is 0 Å². The van der Waals surface area contributed by atoms with Crippen molar-refractivity contribution in [3.05, 3.63) is 53.2 Å². The van der Waals surface area contributed by atoms with Crippen LogP contribution in [-0.2, 0) is 10.0 Å². The Labute approximate surface area is 217 Å². The van der Waals surface area contributed by atoms with Gasteiger partial charge in [0.15, 0.2) is 25.2 Å². The van der Waals surface area contributed by atoms with Gasteiger partial charge in [-0.15, -0.1) is 0 Å². The Bertz CT molecular complexity index is 1560. The Morgan fingerprint density at radius 2 is 1.67 bits per heavy atom. The van der Waals surface area contributed by atoms with E-state index in [0.717, 1.165) is 17.4 Å². The highest BCUT2D eigenvalue weighted by molar-refractivity contribution is 7.92. The molecule has 1 aromatic heterocycles. The molecule has 2 heterocycles. The predicted octanol–water partition coefficient (Wildman–Crippen LogP) is 4.45. The second-order valence-electron chi connectivity index (χ2n) is 8.58. The molecule has 3 aromatic rings. The molecule has 2 N–H and O–H groups in total. The van der Waals surface area contributed by atoms with Gasteiger partial charge < -0.3 is 14.6 Å². The molecule has 1 atom stereocenters. The summed E-state index contributed by atoms with van der Waals surface area (Å²) in [5.74, 6) is -2.40. The van der Waals surface area contributed by atoms with Crippen LogP contribution in [0.5, 0.6) is 11.5 Å². The van der Waals surface area contributed by atoms with Crippen molar-refractivity contribution >= 4 is 38.2 Å². The number of aliphatic hydroxyl groups is 1. The fourth-order valence-electron chi connectivity index (χ4n) is 4.14. The van der Waals surface area contributed by atoms with Crippen molar-refractivity contribution < 1.29 is 54.1 Å². The molecule has 0 saturated heterocycles. The van der Waals surface area contributed by atoms with Crippen molar-refractivity contribution in [3.63, 3.8) is 0 Å². The van der Waals surface area contributed by atoms with Crippen molar-refractivity contribution in [2.45, 2.75) is 25.5 Å². The summed E-state index contributed by atoms with van der Waals surface area (Å²) in [5, 5.41) is 10.9. The summed E-state index contributed by atoms with van der Waals surface area (Å²) in [7, 11) is -3.67. The number of rotatable bonds is 7. The third-order valence-corrected chi connectivity index (χ3v) is 6.07. The number of anilines is 2. The van der Waals surface area contributed by atoms with Crippen molar-refractivity contribution in [2.24, 2.45) is 0 Å². The van der Waals surface area contributed by atoms with Crippen LogP contribution in [0.2, 0.25) is 0 Å². The minimum atomic E-state index is -4.84. The van der Waals surface area contributed by atoms with Crippen LogP contribution in [0.3, 0.4) is 0 Å². The number of fused-ring (bicyclic) bond motifs is 2. The molecule has 0 saturated carbocycles. The first-order valence-corrected chi connectivity index (χ1v) is 12.8. The lowest BCUT2D eigenvalue weighted by molar-refractivity contribution is -0.154. The number of pyridine rings is 1. The molecule has 0 bridgehead atoms. The highest BCUT2D eigenvalue weighted by Gasteiger charge is 2.45. The maximum absolute atomic E-state index is 13.6. The van der Waals surface area contributed by atoms with Gasteiger partial charge in [0.1, 0.15) is 11.3 Å². The summed E-state index contributed by atoms with van der Waals surface area (Å²) >= 11 is 0. The third kappa shape index (κ3) is 5.95. The average Bonchev–Trinajstić information content (AvgIpc) is 3.04. The molecule has 2 aromatic carbocycles. The summed E-state index contributed by atoms with van der Waals surface area (Å²) in [4.78, 5) is 18.3. The number of aliphatic hydroxyl groups excluding tert-OH is 1. The van der Waals surface area contributed by atoms with Crippen molar-refractivity contribution in [1.29, 1.82) is 0 Å². The van der Waals surface area contributed by atoms with E-state index >= 15 is 0 Å². The molecule has 9 nitrogen and oxygen atoms in total. The number of sulfonamides is 1. The number of nitrogens with one attached hydrogen (secondary N) is 1. The predicted molar refractivity (Wildman–Crippen MR) is 126 cm³/mol. The van der Waals surface area contributed by atoms with Gasteiger partial charge in [0.2, 0.25) is 10.0 Å². The lowest BCUT2D eigenvalue weighted by Crippen LogP contribution is -2.28. The van der Waals surface area contributed by atoms with Gasteiger partial charge in [-0.3, -0.25) is 19.4 Å². The Morgan fingerprint density at radius 3 is 2.23 bits per heavy atom. The van der Waals surface area contributed by atoms with E-state index in [1.165, 1.54) is 37.3 Å². The van der Waals surface area contributed by atoms with E-state index in [1.54, 1.807) is 0 Å². The highest BCUT2D eigenvalue weighted by atomic mass is 32.2. The first kappa shape index (κ1) is 28.2. The number of ether oxygens (including phenoxy) is 2. The quantitative estimate of drug-likeness (QED) is 0.397. The first-order valence-electron chi connectivity index (χ1n) is 10.9. The number of benzene rings is 2. The summed E-state index contributed by atoms with van der Waals surface area (Å²) < 4.78 is 114. The molecule has 4 rings (SSSR count). The van der Waals surface area contributed by atoms with E-state index in [0.29, 0.717) is 0 Å². The van der Waals surface area contributed by atoms with Crippen molar-refractivity contribution in [3.8, 4) is 11.5 Å². The van der Waals surface area contributed by atoms with Crippen LogP contribution in [0.1, 0.15) is 27.7 Å². The molecule has 0 aliphatic carbocycles. The standard InChI is InChI=1S/C23H19F6N3O6S/c1-11-8-12(31-39(2,35)36)5-6-14(11)32-20(33)15-16(21(32)34)19(38-10-23(27,28)29)17-13(4-3-7-30-17)18(15)37-9-22(24,25)26/h3-8,21,31,34H,9-10H2,1-2H3. The van der Waals surface area contributed by atoms with E-state index in [9.17, 15) is 44.7 Å². The summed E-state index contributed by atoms with van der Waals surface area (Å²) in [6, 6.07) is 6.29. The molecule has 0 radical (unpaired) electrons. The van der Waals surface area contributed by atoms with E-state index in [1.807, 2.05) is 0 Å². The SMILES string of the molecule is Cc1cc(NS(C)(=O)=O)ccc1N1C(=O)c2c(c(OCC(F)(F)F)c3ncccc3c2OCC(F)(F)F)C1O. The van der Waals surface area contributed by atoms with Crippen molar-refractivity contribution in [2.75, 3.05) is 29.1 Å². The first-order chi connectivity index (χ1) is 18.0. The van der Waals surface area contributed by atoms with E-state index in [4.69, 9.17) is 9.47 Å². The number of carbonyl (C=O) groups is 1. The molecule has 1 aliphatic heterocycles. The van der Waals surface area contributed by atoms with Gasteiger partial charge in [0, 0.05) is 17.3 Å². The summed E-state index contributed by atoms with van der Waals surface area (Å²) in [6.07, 6.45) is -9.66. The topological polar surface area (TPSA) is 118 Å². The van der Waals surface area contributed by atoms with Crippen molar-refractivity contribution in [1.82, 2.24) is 4.98 Å². The number of nitrogens with zero attached hydrogens (tertiary/aromatic N) is 2. The lowest BCUT2D eigenvalue weighted by atomic mass is 10.0. The minimum Gasteiger partial charge on any atom is -0.483 e. The molecule has 16 heteroatoms. The molecular formula is C23H19F6N3O6S. The molecule has 1 amide bonds. The number of aromatic nitrogens is 1. The highest BCUT2D eigenvalue weighted by Crippen LogP contribution is 2.50. The van der Waals surface area contributed by atoms with Gasteiger partial charge in [-0.05, 0) is 42.8 Å². The molecular weight excluding hydrogens is 560 g/mol. The van der Waals surface area contributed by atoms with Crippen LogP contribution in [0.4, 0.5) is 37.7 Å². The molecule has 39 heavy (non-hydrogen) atoms. The zero-order chi connectivity index (χ0) is 28.9. The third-order valence-electron chi connectivity index (χ3n) is 5.46. The number of hydrogen-bond donors (Lipinski definition) is 2. The maximum atomic E-state index is 13.6. The largest absolute Gasteiger partial charge is 0.483 e. The zero-order valence-corrected chi connectivity index (χ0v) is 20.8. The monoisotopic (exact) mass is 579 g/mol. The van der Waals surface area contributed by atoms with E-state index < -0.39 is 70.4 Å². The van der Waals surface area contributed by atoms with Gasteiger partial charge in [-0.25, -0.2) is 8.42 Å². The number of hydrogen-bond acceptors (Lipinski definition) is 7. The second-order valence-corrected chi connectivity index (χ2v) is 10.3. The molecule has 1 aliphatic rings. The van der Waals surface area contributed by atoms with Gasteiger partial charge in [0.05, 0.1) is 23.1 Å². The number of carbonyl (C=O) groups excluding carboxylic acids is 1. The number of aryl methyl sites for hydroxylation is 1. The van der Waals surface area contributed by atoms with Crippen LogP contribution in [0, 0.1) is 6.92 Å². The van der Waals surface area contributed by atoms with Gasteiger partial charge >= 0.3 is 12.4 Å². The number of amides is 1. The normalized spacial score (nSPS) is 16.0. The zero-order valence-electron chi connectivity index (χ0n) is 20.0. The molecule has 210 valence electrons. The van der Waals surface area contributed by atoms with Crippen LogP contribution in [0.15, 0.2) is 36.5 Å². The number of halogens is 6. The molecule has 0 fully saturated rings. The van der Waals surface area contributed by atoms with Crippen LogP contribution in [0.25, 0.3) is 10.9 Å². The average molecular weight is 579 g/mol. The molecule has 0 spiro atoms. The Balaban J connectivity index is 1.92. The summed E-state index contributed by atoms with van der Waals surface area (Å²) in [5.41, 5.74) is -1.23. The van der Waals surface area contributed by atoms with Gasteiger partial charge in [-0.2, -0.15) is 26.3 Å². The van der Waals surface area contributed by atoms with Crippen LogP contribution < -0.4 is 19.1 Å². The Hall–Kier alpha value is -3.79. The van der Waals surface area contributed by atoms with Gasteiger partial charge in [-0.1, -0.05) is 0 Å². The summed E-state index contributed by atoms with van der Waals surface area (Å²) in [6.45, 7) is -2.24. The Morgan fingerprint density at radius 1 is 1.05 bits per heavy atom. The molecule has 1 unspecified atom stereocenters.